The van der Waals surface area contributed by atoms with Gasteiger partial charge in [-0.05, 0) is 31.0 Å². The zero-order valence-electron chi connectivity index (χ0n) is 11.3. The second-order valence-electron chi connectivity index (χ2n) is 5.10. The van der Waals surface area contributed by atoms with Crippen LogP contribution in [-0.2, 0) is 14.8 Å². The van der Waals surface area contributed by atoms with Crippen molar-refractivity contribution in [2.45, 2.75) is 24.7 Å². The van der Waals surface area contributed by atoms with Crippen LogP contribution in [0.5, 0.6) is 0 Å². The van der Waals surface area contributed by atoms with Crippen molar-refractivity contribution in [1.29, 1.82) is 0 Å². The Morgan fingerprint density at radius 2 is 2.19 bits per heavy atom. The first-order chi connectivity index (χ1) is 9.73. The molecule has 1 heterocycles. The van der Waals surface area contributed by atoms with Crippen molar-refractivity contribution < 1.29 is 22.7 Å². The van der Waals surface area contributed by atoms with E-state index in [1.165, 1.54) is 6.07 Å². The number of carbonyl (C=O) groups is 1. The first-order valence-corrected chi connectivity index (χ1v) is 8.23. The molecule has 0 spiro atoms. The predicted molar refractivity (Wildman–Crippen MR) is 75.1 cm³/mol. The molecule has 1 fully saturated rings. The number of hydrogen-bond acceptors (Lipinski definition) is 3. The van der Waals surface area contributed by atoms with Crippen molar-refractivity contribution in [1.82, 2.24) is 4.31 Å². The van der Waals surface area contributed by atoms with E-state index in [2.05, 4.69) is 0 Å². The van der Waals surface area contributed by atoms with E-state index in [1.807, 2.05) is 0 Å². The van der Waals surface area contributed by atoms with Crippen LogP contribution in [-0.4, -0.2) is 36.9 Å². The van der Waals surface area contributed by atoms with Crippen LogP contribution in [0.15, 0.2) is 23.1 Å². The van der Waals surface area contributed by atoms with Gasteiger partial charge in [0.25, 0.3) is 0 Å². The SMILES string of the molecule is CCC1(C(=O)O)CCN(S(=O)(=O)c2ccc(Cl)cc2F)C1. The van der Waals surface area contributed by atoms with Gasteiger partial charge in [-0.1, -0.05) is 18.5 Å². The third kappa shape index (κ3) is 2.77. The molecule has 1 aromatic carbocycles. The highest BCUT2D eigenvalue weighted by Crippen LogP contribution is 2.37. The number of rotatable bonds is 4. The Kier molecular flexibility index (Phi) is 4.28. The molecule has 1 aliphatic rings. The normalized spacial score (nSPS) is 23.4. The molecule has 116 valence electrons. The fraction of sp³-hybridized carbons (Fsp3) is 0.462. The third-order valence-electron chi connectivity index (χ3n) is 3.96. The third-order valence-corrected chi connectivity index (χ3v) is 6.07. The lowest BCUT2D eigenvalue weighted by atomic mass is 9.85. The fourth-order valence-corrected chi connectivity index (χ4v) is 4.21. The minimum atomic E-state index is -4.06. The summed E-state index contributed by atoms with van der Waals surface area (Å²) in [4.78, 5) is 10.9. The molecule has 0 aliphatic carbocycles. The Bertz CT molecular complexity index is 679. The van der Waals surface area contributed by atoms with Gasteiger partial charge >= 0.3 is 5.97 Å². The van der Waals surface area contributed by atoms with Crippen molar-refractivity contribution in [2.75, 3.05) is 13.1 Å². The average Bonchev–Trinajstić information content (AvgIpc) is 2.84. The minimum absolute atomic E-state index is 0.0601. The second kappa shape index (κ2) is 5.55. The highest BCUT2D eigenvalue weighted by molar-refractivity contribution is 7.89. The topological polar surface area (TPSA) is 74.7 Å². The fourth-order valence-electron chi connectivity index (χ4n) is 2.48. The summed E-state index contributed by atoms with van der Waals surface area (Å²) in [7, 11) is -4.06. The van der Waals surface area contributed by atoms with E-state index in [9.17, 15) is 22.7 Å². The van der Waals surface area contributed by atoms with Gasteiger partial charge in [0, 0.05) is 18.1 Å². The van der Waals surface area contributed by atoms with Crippen LogP contribution in [0, 0.1) is 11.2 Å². The van der Waals surface area contributed by atoms with Crippen molar-refractivity contribution in [3.8, 4) is 0 Å². The number of hydrogen-bond donors (Lipinski definition) is 1. The summed E-state index contributed by atoms with van der Waals surface area (Å²) in [5, 5.41) is 9.39. The standard InChI is InChI=1S/C13H15ClFNO4S/c1-2-13(12(17)18)5-6-16(8-13)21(19,20)11-4-3-9(14)7-10(11)15/h3-4,7H,2,5-6,8H2,1H3,(H,17,18). The summed E-state index contributed by atoms with van der Waals surface area (Å²) in [5.74, 6) is -1.97. The van der Waals surface area contributed by atoms with Crippen molar-refractivity contribution in [3.63, 3.8) is 0 Å². The number of aliphatic carboxylic acids is 1. The molecule has 0 amide bonds. The van der Waals surface area contributed by atoms with Crippen LogP contribution in [0.4, 0.5) is 4.39 Å². The van der Waals surface area contributed by atoms with Crippen LogP contribution >= 0.6 is 11.6 Å². The summed E-state index contributed by atoms with van der Waals surface area (Å²) in [5.41, 5.74) is -1.10. The van der Waals surface area contributed by atoms with E-state index in [0.717, 1.165) is 16.4 Å². The smallest absolute Gasteiger partial charge is 0.311 e. The van der Waals surface area contributed by atoms with E-state index in [1.54, 1.807) is 6.92 Å². The van der Waals surface area contributed by atoms with Gasteiger partial charge in [-0.15, -0.1) is 0 Å². The average molecular weight is 336 g/mol. The molecule has 21 heavy (non-hydrogen) atoms. The number of carboxylic acid groups (broad SMARTS) is 1. The van der Waals surface area contributed by atoms with Crippen LogP contribution in [0.2, 0.25) is 5.02 Å². The predicted octanol–water partition coefficient (Wildman–Crippen LogP) is 2.35. The maximum Gasteiger partial charge on any atom is 0.311 e. The monoisotopic (exact) mass is 335 g/mol. The maximum absolute atomic E-state index is 13.8. The first kappa shape index (κ1) is 16.2. The van der Waals surface area contributed by atoms with Crippen molar-refractivity contribution in [2.24, 2.45) is 5.41 Å². The van der Waals surface area contributed by atoms with Crippen molar-refractivity contribution in [3.05, 3.63) is 29.0 Å². The van der Waals surface area contributed by atoms with Crippen LogP contribution in [0.3, 0.4) is 0 Å². The number of nitrogens with zero attached hydrogens (tertiary/aromatic N) is 1. The highest BCUT2D eigenvalue weighted by atomic mass is 35.5. The molecule has 0 radical (unpaired) electrons. The Balaban J connectivity index is 2.36. The number of sulfonamides is 1. The number of benzene rings is 1. The summed E-state index contributed by atoms with van der Waals surface area (Å²) >= 11 is 5.61. The summed E-state index contributed by atoms with van der Waals surface area (Å²) in [6.07, 6.45) is 0.532. The van der Waals surface area contributed by atoms with Crippen LogP contribution in [0.25, 0.3) is 0 Å². The molecule has 0 bridgehead atoms. The lowest BCUT2D eigenvalue weighted by molar-refractivity contribution is -0.148. The van der Waals surface area contributed by atoms with Gasteiger partial charge in [0.2, 0.25) is 10.0 Å². The Labute approximate surface area is 127 Å². The van der Waals surface area contributed by atoms with E-state index in [0.29, 0.717) is 6.42 Å². The lowest BCUT2D eigenvalue weighted by Gasteiger charge is -2.23. The molecule has 8 heteroatoms. The Morgan fingerprint density at radius 3 is 2.67 bits per heavy atom. The van der Waals surface area contributed by atoms with E-state index in [-0.39, 0.29) is 24.5 Å². The largest absolute Gasteiger partial charge is 0.481 e. The van der Waals surface area contributed by atoms with Crippen molar-refractivity contribution >= 4 is 27.6 Å². The van der Waals surface area contributed by atoms with Gasteiger partial charge in [0.1, 0.15) is 10.7 Å². The quantitative estimate of drug-likeness (QED) is 0.916. The highest BCUT2D eigenvalue weighted by Gasteiger charge is 2.47. The second-order valence-corrected chi connectivity index (χ2v) is 7.45. The maximum atomic E-state index is 13.8. The van der Waals surface area contributed by atoms with Crippen LogP contribution in [0.1, 0.15) is 19.8 Å². The van der Waals surface area contributed by atoms with E-state index >= 15 is 0 Å². The first-order valence-electron chi connectivity index (χ1n) is 6.41. The zero-order valence-corrected chi connectivity index (χ0v) is 12.9. The van der Waals surface area contributed by atoms with Gasteiger partial charge in [-0.2, -0.15) is 4.31 Å². The van der Waals surface area contributed by atoms with Gasteiger partial charge in [-0.25, -0.2) is 12.8 Å². The molecule has 1 saturated heterocycles. The molecule has 2 rings (SSSR count). The van der Waals surface area contributed by atoms with E-state index in [4.69, 9.17) is 11.6 Å². The molecule has 1 atom stereocenters. The zero-order chi connectivity index (χ0) is 15.8. The molecular formula is C13H15ClFNO4S. The minimum Gasteiger partial charge on any atom is -0.481 e. The molecule has 0 saturated carbocycles. The summed E-state index contributed by atoms with van der Waals surface area (Å²) < 4.78 is 39.7. The molecule has 1 aliphatic heterocycles. The summed E-state index contributed by atoms with van der Waals surface area (Å²) in [6, 6.07) is 3.31. The Hall–Kier alpha value is -1.18. The molecule has 1 N–H and O–H groups in total. The Morgan fingerprint density at radius 1 is 1.52 bits per heavy atom. The summed E-state index contributed by atoms with van der Waals surface area (Å²) in [6.45, 7) is 1.61. The van der Waals surface area contributed by atoms with E-state index < -0.39 is 32.1 Å². The van der Waals surface area contributed by atoms with Crippen LogP contribution < -0.4 is 0 Å². The van der Waals surface area contributed by atoms with Gasteiger partial charge < -0.3 is 5.11 Å². The lowest BCUT2D eigenvalue weighted by Crippen LogP contribution is -2.36. The van der Waals surface area contributed by atoms with Gasteiger partial charge in [-0.3, -0.25) is 4.79 Å². The molecule has 5 nitrogen and oxygen atoms in total. The van der Waals surface area contributed by atoms with Gasteiger partial charge in [0.15, 0.2) is 0 Å². The molecular weight excluding hydrogens is 321 g/mol. The number of halogens is 2. The molecule has 0 aromatic heterocycles. The molecule has 1 unspecified atom stereocenters. The number of carboxylic acids is 1. The van der Waals surface area contributed by atoms with Gasteiger partial charge in [0.05, 0.1) is 5.41 Å². The molecule has 1 aromatic rings.